The highest BCUT2D eigenvalue weighted by Gasteiger charge is 2.20. The number of aliphatic imine (C=N–C) groups is 1. The van der Waals surface area contributed by atoms with E-state index >= 15 is 0 Å². The van der Waals surface area contributed by atoms with Gasteiger partial charge in [-0.05, 0) is 25.1 Å². The minimum Gasteiger partial charge on any atom is -0.494 e. The number of rotatable bonds is 4. The van der Waals surface area contributed by atoms with E-state index < -0.39 is 4.92 Å². The van der Waals surface area contributed by atoms with Crippen LogP contribution in [0.5, 0.6) is 5.88 Å². The van der Waals surface area contributed by atoms with Crippen LogP contribution >= 0.6 is 0 Å². The summed E-state index contributed by atoms with van der Waals surface area (Å²) in [6.45, 7) is 1.87. The molecule has 4 rings (SSSR count). The van der Waals surface area contributed by atoms with Crippen molar-refractivity contribution in [3.05, 3.63) is 93.8 Å². The Bertz CT molecular complexity index is 1210. The van der Waals surface area contributed by atoms with Crippen molar-refractivity contribution in [3.63, 3.8) is 0 Å². The van der Waals surface area contributed by atoms with Crippen molar-refractivity contribution < 1.29 is 10.0 Å². The lowest BCUT2D eigenvalue weighted by Gasteiger charge is -2.08. The zero-order chi connectivity index (χ0) is 19.7. The summed E-state index contributed by atoms with van der Waals surface area (Å²) >= 11 is 0. The van der Waals surface area contributed by atoms with Crippen molar-refractivity contribution in [2.75, 3.05) is 0 Å². The highest BCUT2D eigenvalue weighted by atomic mass is 16.6. The third-order valence-corrected chi connectivity index (χ3v) is 4.38. The third-order valence-electron chi connectivity index (χ3n) is 4.38. The highest BCUT2D eigenvalue weighted by molar-refractivity contribution is 6.22. The second kappa shape index (κ2) is 6.96. The van der Waals surface area contributed by atoms with Gasteiger partial charge in [-0.15, -0.1) is 0 Å². The Labute approximate surface area is 160 Å². The fraction of sp³-hybridized carbons (Fsp3) is 0.0476. The van der Waals surface area contributed by atoms with E-state index in [1.807, 2.05) is 43.3 Å². The van der Waals surface area contributed by atoms with Gasteiger partial charge < -0.3 is 10.1 Å². The maximum absolute atomic E-state index is 11.2. The predicted octanol–water partition coefficient (Wildman–Crippen LogP) is 4.65. The summed E-state index contributed by atoms with van der Waals surface area (Å²) in [6.07, 6.45) is 1.66. The molecule has 0 saturated heterocycles. The number of pyridine rings is 1. The van der Waals surface area contributed by atoms with Crippen molar-refractivity contribution in [1.29, 1.82) is 0 Å². The lowest BCUT2D eigenvalue weighted by Crippen LogP contribution is -2.03. The van der Waals surface area contributed by atoms with E-state index in [-0.39, 0.29) is 11.6 Å². The second-order valence-electron chi connectivity index (χ2n) is 6.32. The van der Waals surface area contributed by atoms with E-state index in [1.54, 1.807) is 18.3 Å². The molecule has 0 spiro atoms. The molecule has 28 heavy (non-hydrogen) atoms. The van der Waals surface area contributed by atoms with Crippen LogP contribution in [0.1, 0.15) is 16.8 Å². The minimum atomic E-state index is -0.459. The smallest absolute Gasteiger partial charge is 0.270 e. The number of hydrogen-bond donors (Lipinski definition) is 2. The average Bonchev–Trinajstić information content (AvgIpc) is 3.01. The summed E-state index contributed by atoms with van der Waals surface area (Å²) < 4.78 is 0. The zero-order valence-corrected chi connectivity index (χ0v) is 15.0. The number of aryl methyl sites for hydroxylation is 1. The van der Waals surface area contributed by atoms with Crippen LogP contribution in [0.3, 0.4) is 0 Å². The topological polar surface area (TPSA) is 104 Å². The van der Waals surface area contributed by atoms with Gasteiger partial charge in [-0.25, -0.2) is 4.99 Å². The summed E-state index contributed by atoms with van der Waals surface area (Å²) in [5.74, 6) is -0.0936. The summed E-state index contributed by atoms with van der Waals surface area (Å²) in [6, 6.07) is 17.4. The number of aromatic amines is 1. The Kier molecular flexibility index (Phi) is 4.33. The van der Waals surface area contributed by atoms with Gasteiger partial charge in [-0.3, -0.25) is 15.1 Å². The largest absolute Gasteiger partial charge is 0.494 e. The highest BCUT2D eigenvalue weighted by Crippen LogP contribution is 2.33. The molecule has 2 aromatic heterocycles. The van der Waals surface area contributed by atoms with Gasteiger partial charge in [0.2, 0.25) is 0 Å². The number of aromatic nitrogens is 2. The van der Waals surface area contributed by atoms with Crippen LogP contribution in [0.15, 0.2) is 71.9 Å². The molecule has 7 nitrogen and oxygen atoms in total. The predicted molar refractivity (Wildman–Crippen MR) is 107 cm³/mol. The lowest BCUT2D eigenvalue weighted by atomic mass is 10.0. The van der Waals surface area contributed by atoms with E-state index in [1.165, 1.54) is 12.1 Å². The van der Waals surface area contributed by atoms with Crippen LogP contribution < -0.4 is 0 Å². The van der Waals surface area contributed by atoms with E-state index in [0.717, 1.165) is 11.3 Å². The van der Waals surface area contributed by atoms with E-state index in [2.05, 4.69) is 9.97 Å². The molecule has 0 fully saturated rings. The summed E-state index contributed by atoms with van der Waals surface area (Å²) in [5, 5.41) is 22.4. The van der Waals surface area contributed by atoms with E-state index in [0.29, 0.717) is 27.9 Å². The maximum Gasteiger partial charge on any atom is 0.270 e. The Hall–Kier alpha value is -4.00. The quantitative estimate of drug-likeness (QED) is 0.309. The molecule has 0 bridgehead atoms. The van der Waals surface area contributed by atoms with Gasteiger partial charge in [0, 0.05) is 40.5 Å². The number of nitrogens with one attached hydrogen (secondary N) is 1. The van der Waals surface area contributed by atoms with Crippen molar-refractivity contribution in [3.8, 4) is 5.88 Å². The fourth-order valence-electron chi connectivity index (χ4n) is 3.11. The first-order chi connectivity index (χ1) is 13.5. The molecule has 2 aromatic carbocycles. The Morgan fingerprint density at radius 3 is 2.64 bits per heavy atom. The monoisotopic (exact) mass is 372 g/mol. The number of nitro benzene ring substituents is 1. The van der Waals surface area contributed by atoms with E-state index in [9.17, 15) is 15.2 Å². The van der Waals surface area contributed by atoms with Gasteiger partial charge in [0.15, 0.2) is 5.88 Å². The normalized spacial score (nSPS) is 11.7. The Morgan fingerprint density at radius 1 is 1.14 bits per heavy atom. The maximum atomic E-state index is 11.2. The number of aromatic hydroxyl groups is 1. The van der Waals surface area contributed by atoms with Gasteiger partial charge in [-0.2, -0.15) is 0 Å². The van der Waals surface area contributed by atoms with Crippen molar-refractivity contribution in [1.82, 2.24) is 9.97 Å². The molecule has 0 radical (unpaired) electrons. The summed E-state index contributed by atoms with van der Waals surface area (Å²) in [7, 11) is 0. The van der Waals surface area contributed by atoms with Gasteiger partial charge >= 0.3 is 0 Å². The van der Waals surface area contributed by atoms with Crippen molar-refractivity contribution in [2.24, 2.45) is 4.99 Å². The molecule has 0 atom stereocenters. The number of nitro groups is 1. The van der Waals surface area contributed by atoms with Crippen LogP contribution in [0.4, 0.5) is 11.4 Å². The summed E-state index contributed by atoms with van der Waals surface area (Å²) in [5.41, 5.74) is 3.72. The lowest BCUT2D eigenvalue weighted by molar-refractivity contribution is -0.384. The fourth-order valence-corrected chi connectivity index (χ4v) is 3.11. The number of non-ortho nitro benzene ring substituents is 1. The van der Waals surface area contributed by atoms with Crippen molar-refractivity contribution in [2.45, 2.75) is 6.92 Å². The molecule has 0 saturated carbocycles. The molecule has 7 heteroatoms. The molecule has 4 aromatic rings. The van der Waals surface area contributed by atoms with Crippen LogP contribution in [0.25, 0.3) is 10.9 Å². The van der Waals surface area contributed by atoms with Gasteiger partial charge in [0.1, 0.15) is 0 Å². The van der Waals surface area contributed by atoms with Gasteiger partial charge in [0.25, 0.3) is 5.69 Å². The third kappa shape index (κ3) is 3.21. The minimum absolute atomic E-state index is 0.0556. The molecule has 0 unspecified atom stereocenters. The molecule has 2 heterocycles. The van der Waals surface area contributed by atoms with Gasteiger partial charge in [-0.1, -0.05) is 30.3 Å². The molecule has 0 aliphatic rings. The molecular weight excluding hydrogens is 356 g/mol. The second-order valence-corrected chi connectivity index (χ2v) is 6.32. The van der Waals surface area contributed by atoms with Crippen LogP contribution in [-0.4, -0.2) is 25.7 Å². The molecule has 2 N–H and O–H groups in total. The Morgan fingerprint density at radius 2 is 1.93 bits per heavy atom. The molecule has 138 valence electrons. The van der Waals surface area contributed by atoms with Crippen LogP contribution in [-0.2, 0) is 0 Å². The Balaban J connectivity index is 2.01. The SMILES string of the molecule is Cc1cc(N=C(c2ccccc2)c2c(O)[nH]c3ccc([N+](=O)[O-])cc23)ccn1. The molecular formula is C21H16N4O3. The number of fused-ring (bicyclic) bond motifs is 1. The number of nitrogens with zero attached hydrogens (tertiary/aromatic N) is 3. The average molecular weight is 372 g/mol. The van der Waals surface area contributed by atoms with Crippen LogP contribution in [0, 0.1) is 17.0 Å². The number of hydrogen-bond acceptors (Lipinski definition) is 5. The first-order valence-electron chi connectivity index (χ1n) is 8.59. The molecule has 0 amide bonds. The first kappa shape index (κ1) is 17.4. The van der Waals surface area contributed by atoms with E-state index in [4.69, 9.17) is 4.99 Å². The standard InChI is InChI=1S/C21H16N4O3/c1-13-11-15(9-10-22-13)23-20(14-5-3-2-4-6-14)19-17-12-16(25(27)28)7-8-18(17)24-21(19)26/h2-12,24,26H,1H3. The molecule has 0 aliphatic heterocycles. The molecule has 0 aliphatic carbocycles. The number of H-pyrrole nitrogens is 1. The zero-order valence-electron chi connectivity index (χ0n) is 15.0. The number of benzene rings is 2. The first-order valence-corrected chi connectivity index (χ1v) is 8.59. The van der Waals surface area contributed by atoms with Crippen molar-refractivity contribution >= 4 is 28.0 Å². The van der Waals surface area contributed by atoms with Crippen LogP contribution in [0.2, 0.25) is 0 Å². The van der Waals surface area contributed by atoms with Gasteiger partial charge in [0.05, 0.1) is 21.9 Å². The summed E-state index contributed by atoms with van der Waals surface area (Å²) in [4.78, 5) is 22.6.